The molecule has 0 aliphatic rings. The van der Waals surface area contributed by atoms with Gasteiger partial charge in [0.1, 0.15) is 11.2 Å². The van der Waals surface area contributed by atoms with Gasteiger partial charge in [0.2, 0.25) is 0 Å². The molecule has 0 aliphatic heterocycles. The molecule has 0 bridgehead atoms. The molecule has 0 saturated heterocycles. The summed E-state index contributed by atoms with van der Waals surface area (Å²) in [7, 11) is 0. The van der Waals surface area contributed by atoms with Crippen molar-refractivity contribution < 1.29 is 19.1 Å². The van der Waals surface area contributed by atoms with E-state index in [4.69, 9.17) is 9.47 Å². The standard InChI is InChI=1S/C15H24O4/c1-8-9-11(13(17)19-15(5,6)7)10-12(16)18-14(2,3)4/h8,10H,1,9H2,2-7H3. The molecule has 0 heterocycles. The molecule has 4 nitrogen and oxygen atoms in total. The summed E-state index contributed by atoms with van der Waals surface area (Å²) in [5, 5.41) is 0. The van der Waals surface area contributed by atoms with Crippen LogP contribution in [-0.4, -0.2) is 23.1 Å². The SMILES string of the molecule is C=CCC(=CC(=O)OC(C)(C)C)C(=O)OC(C)(C)C. The first-order chi connectivity index (χ1) is 8.44. The van der Waals surface area contributed by atoms with Crippen LogP contribution >= 0.6 is 0 Å². The van der Waals surface area contributed by atoms with E-state index in [1.165, 1.54) is 6.08 Å². The van der Waals surface area contributed by atoms with Crippen LogP contribution < -0.4 is 0 Å². The normalized spacial score (nSPS) is 12.8. The number of hydrogen-bond donors (Lipinski definition) is 0. The third-order valence-electron chi connectivity index (χ3n) is 1.72. The molecule has 0 unspecified atom stereocenters. The van der Waals surface area contributed by atoms with Crippen molar-refractivity contribution in [3.63, 3.8) is 0 Å². The van der Waals surface area contributed by atoms with Gasteiger partial charge in [-0.3, -0.25) is 0 Å². The van der Waals surface area contributed by atoms with Crippen LogP contribution in [0, 0.1) is 0 Å². The maximum Gasteiger partial charge on any atom is 0.335 e. The fourth-order valence-electron chi connectivity index (χ4n) is 1.17. The predicted molar refractivity (Wildman–Crippen MR) is 74.6 cm³/mol. The molecule has 0 amide bonds. The molecule has 0 N–H and O–H groups in total. The quantitative estimate of drug-likeness (QED) is 0.446. The largest absolute Gasteiger partial charge is 0.457 e. The molecule has 0 aromatic carbocycles. The average Bonchev–Trinajstić information content (AvgIpc) is 2.10. The summed E-state index contributed by atoms with van der Waals surface area (Å²) in [4.78, 5) is 23.6. The monoisotopic (exact) mass is 268 g/mol. The fraction of sp³-hybridized carbons (Fsp3) is 0.600. The lowest BCUT2D eigenvalue weighted by Gasteiger charge is -2.21. The first-order valence-corrected chi connectivity index (χ1v) is 6.22. The van der Waals surface area contributed by atoms with Gasteiger partial charge in [-0.15, -0.1) is 6.58 Å². The van der Waals surface area contributed by atoms with E-state index in [1.807, 2.05) is 0 Å². The van der Waals surface area contributed by atoms with E-state index in [-0.39, 0.29) is 12.0 Å². The van der Waals surface area contributed by atoms with Gasteiger partial charge < -0.3 is 9.47 Å². The minimum Gasteiger partial charge on any atom is -0.457 e. The number of carbonyl (C=O) groups excluding carboxylic acids is 2. The molecule has 0 rings (SSSR count). The molecule has 0 aromatic rings. The molecule has 19 heavy (non-hydrogen) atoms. The molecular formula is C15H24O4. The van der Waals surface area contributed by atoms with E-state index >= 15 is 0 Å². The van der Waals surface area contributed by atoms with Crippen LogP contribution in [0.15, 0.2) is 24.3 Å². The Morgan fingerprint density at radius 3 is 1.84 bits per heavy atom. The zero-order valence-corrected chi connectivity index (χ0v) is 12.7. The van der Waals surface area contributed by atoms with Gasteiger partial charge in [-0.05, 0) is 48.0 Å². The number of ether oxygens (including phenoxy) is 2. The highest BCUT2D eigenvalue weighted by Crippen LogP contribution is 2.15. The van der Waals surface area contributed by atoms with Gasteiger partial charge >= 0.3 is 11.9 Å². The highest BCUT2D eigenvalue weighted by atomic mass is 16.6. The van der Waals surface area contributed by atoms with Gasteiger partial charge in [-0.25, -0.2) is 9.59 Å². The molecule has 0 aromatic heterocycles. The number of carbonyl (C=O) groups is 2. The van der Waals surface area contributed by atoms with E-state index in [0.29, 0.717) is 0 Å². The molecule has 0 spiro atoms. The van der Waals surface area contributed by atoms with E-state index < -0.39 is 23.1 Å². The Balaban J connectivity index is 4.95. The number of hydrogen-bond acceptors (Lipinski definition) is 4. The molecule has 0 radical (unpaired) electrons. The minimum atomic E-state index is -0.606. The second kappa shape index (κ2) is 6.55. The Labute approximate surface area is 115 Å². The van der Waals surface area contributed by atoms with Crippen LogP contribution in [0.25, 0.3) is 0 Å². The summed E-state index contributed by atoms with van der Waals surface area (Å²) < 4.78 is 10.4. The lowest BCUT2D eigenvalue weighted by Crippen LogP contribution is -2.26. The van der Waals surface area contributed by atoms with Crippen molar-refractivity contribution in [2.75, 3.05) is 0 Å². The summed E-state index contributed by atoms with van der Waals surface area (Å²) in [6, 6.07) is 0. The first kappa shape index (κ1) is 17.4. The van der Waals surface area contributed by atoms with Crippen molar-refractivity contribution in [2.45, 2.75) is 59.2 Å². The summed E-state index contributed by atoms with van der Waals surface area (Å²) >= 11 is 0. The Morgan fingerprint density at radius 2 is 1.47 bits per heavy atom. The van der Waals surface area contributed by atoms with Crippen molar-refractivity contribution in [3.8, 4) is 0 Å². The molecule has 0 aliphatic carbocycles. The lowest BCUT2D eigenvalue weighted by atomic mass is 10.1. The summed E-state index contributed by atoms with van der Waals surface area (Å²) in [5.41, 5.74) is -0.967. The first-order valence-electron chi connectivity index (χ1n) is 6.22. The van der Waals surface area contributed by atoms with E-state index in [2.05, 4.69) is 6.58 Å². The van der Waals surface area contributed by atoms with E-state index in [0.717, 1.165) is 0 Å². The van der Waals surface area contributed by atoms with Crippen molar-refractivity contribution >= 4 is 11.9 Å². The number of esters is 2. The minimum absolute atomic E-state index is 0.235. The van der Waals surface area contributed by atoms with Gasteiger partial charge in [-0.1, -0.05) is 6.08 Å². The third-order valence-corrected chi connectivity index (χ3v) is 1.72. The average molecular weight is 268 g/mol. The second-order valence-electron chi connectivity index (χ2n) is 6.20. The van der Waals surface area contributed by atoms with Gasteiger partial charge in [0, 0.05) is 11.6 Å². The summed E-state index contributed by atoms with van der Waals surface area (Å²) in [5.74, 6) is -1.09. The third kappa shape index (κ3) is 9.05. The number of rotatable bonds is 4. The number of allylic oxidation sites excluding steroid dienone is 1. The summed E-state index contributed by atoms with van der Waals surface area (Å²) in [6.07, 6.45) is 2.97. The smallest absolute Gasteiger partial charge is 0.335 e. The Hall–Kier alpha value is -1.58. The highest BCUT2D eigenvalue weighted by molar-refractivity contribution is 5.96. The van der Waals surface area contributed by atoms with Crippen molar-refractivity contribution in [2.24, 2.45) is 0 Å². The van der Waals surface area contributed by atoms with Crippen molar-refractivity contribution in [1.82, 2.24) is 0 Å². The molecule has 0 atom stereocenters. The molecule has 4 heteroatoms. The van der Waals surface area contributed by atoms with Crippen LogP contribution in [0.5, 0.6) is 0 Å². The van der Waals surface area contributed by atoms with Crippen LogP contribution in [-0.2, 0) is 19.1 Å². The van der Waals surface area contributed by atoms with E-state index in [1.54, 1.807) is 47.6 Å². The molecular weight excluding hydrogens is 244 g/mol. The van der Waals surface area contributed by atoms with Gasteiger partial charge in [-0.2, -0.15) is 0 Å². The van der Waals surface area contributed by atoms with Crippen LogP contribution in [0.3, 0.4) is 0 Å². The van der Waals surface area contributed by atoms with Crippen molar-refractivity contribution in [1.29, 1.82) is 0 Å². The highest BCUT2D eigenvalue weighted by Gasteiger charge is 2.21. The maximum atomic E-state index is 11.9. The summed E-state index contributed by atoms with van der Waals surface area (Å²) in [6.45, 7) is 14.2. The van der Waals surface area contributed by atoms with Gasteiger partial charge in [0.05, 0.1) is 0 Å². The van der Waals surface area contributed by atoms with Crippen LogP contribution in [0.4, 0.5) is 0 Å². The Morgan fingerprint density at radius 1 is 1.00 bits per heavy atom. The maximum absolute atomic E-state index is 11.9. The van der Waals surface area contributed by atoms with Crippen molar-refractivity contribution in [3.05, 3.63) is 24.3 Å². The molecule has 0 saturated carbocycles. The topological polar surface area (TPSA) is 52.6 Å². The van der Waals surface area contributed by atoms with Crippen LogP contribution in [0.1, 0.15) is 48.0 Å². The molecule has 0 fully saturated rings. The zero-order valence-electron chi connectivity index (χ0n) is 12.7. The fourth-order valence-corrected chi connectivity index (χ4v) is 1.17. The molecule has 108 valence electrons. The Kier molecular flexibility index (Phi) is 6.00. The lowest BCUT2D eigenvalue weighted by molar-refractivity contribution is -0.152. The van der Waals surface area contributed by atoms with Gasteiger partial charge in [0.15, 0.2) is 0 Å². The predicted octanol–water partition coefficient (Wildman–Crippen LogP) is 3.17. The van der Waals surface area contributed by atoms with Crippen LogP contribution in [0.2, 0.25) is 0 Å². The zero-order chi connectivity index (χ0) is 15.3. The second-order valence-corrected chi connectivity index (χ2v) is 6.20. The Bertz CT molecular complexity index is 378. The van der Waals surface area contributed by atoms with Gasteiger partial charge in [0.25, 0.3) is 0 Å². The van der Waals surface area contributed by atoms with E-state index in [9.17, 15) is 9.59 Å².